The molecule has 0 saturated carbocycles. The van der Waals surface area contributed by atoms with Gasteiger partial charge in [0.2, 0.25) is 5.91 Å². The smallest absolute Gasteiger partial charge is 0.306 e. The summed E-state index contributed by atoms with van der Waals surface area (Å²) in [6, 6.07) is 0. The molecule has 0 aromatic rings. The summed E-state index contributed by atoms with van der Waals surface area (Å²) < 4.78 is 0. The van der Waals surface area contributed by atoms with Gasteiger partial charge in [-0.15, -0.1) is 0 Å². The fourth-order valence-corrected chi connectivity index (χ4v) is 3.05. The Balaban J connectivity index is 2.32. The molecule has 1 amide bonds. The van der Waals surface area contributed by atoms with Crippen molar-refractivity contribution in [3.63, 3.8) is 0 Å². The lowest BCUT2D eigenvalue weighted by Crippen LogP contribution is -2.28. The predicted molar refractivity (Wildman–Crippen MR) is 104 cm³/mol. The van der Waals surface area contributed by atoms with Crippen LogP contribution in [0.2, 0.25) is 0 Å². The number of aliphatic hydroxyl groups is 1. The number of aliphatic carboxylic acids is 1. The highest BCUT2D eigenvalue weighted by molar-refractivity contribution is 6.22. The number of aliphatic hydroxyl groups excluding tert-OH is 1. The quantitative estimate of drug-likeness (QED) is 0.398. The zero-order valence-corrected chi connectivity index (χ0v) is 16.8. The fraction of sp³-hybridized carbons (Fsp3) is 0.700. The van der Waals surface area contributed by atoms with Crippen molar-refractivity contribution in [2.24, 2.45) is 16.3 Å². The van der Waals surface area contributed by atoms with Crippen LogP contribution in [0, 0.1) is 11.3 Å². The maximum atomic E-state index is 12.2. The minimum Gasteiger partial charge on any atom is -0.511 e. The monoisotopic (exact) mass is 380 g/mol. The predicted octanol–water partition coefficient (Wildman–Crippen LogP) is 3.05. The number of aliphatic imine (C=N–C) groups is 1. The normalized spacial score (nSPS) is 18.4. The Morgan fingerprint density at radius 2 is 1.93 bits per heavy atom. The van der Waals surface area contributed by atoms with Gasteiger partial charge in [-0.1, -0.05) is 20.8 Å². The van der Waals surface area contributed by atoms with E-state index in [1.165, 1.54) is 0 Å². The van der Waals surface area contributed by atoms with Gasteiger partial charge in [0.25, 0.3) is 0 Å². The number of rotatable bonds is 10. The number of carbonyl (C=O) groups is 3. The summed E-state index contributed by atoms with van der Waals surface area (Å²) in [4.78, 5) is 39.0. The van der Waals surface area contributed by atoms with Crippen LogP contribution in [0.5, 0.6) is 0 Å². The molecule has 1 aliphatic carbocycles. The van der Waals surface area contributed by atoms with Crippen molar-refractivity contribution in [3.05, 3.63) is 11.3 Å². The summed E-state index contributed by atoms with van der Waals surface area (Å²) in [5, 5.41) is 21.7. The largest absolute Gasteiger partial charge is 0.511 e. The Kier molecular flexibility index (Phi) is 8.66. The van der Waals surface area contributed by atoms with Crippen LogP contribution in [0.1, 0.15) is 66.2 Å². The number of carboxylic acids is 1. The first-order valence-corrected chi connectivity index (χ1v) is 9.50. The lowest BCUT2D eigenvalue weighted by atomic mass is 9.76. The lowest BCUT2D eigenvalue weighted by molar-refractivity contribution is -0.141. The van der Waals surface area contributed by atoms with E-state index in [0.717, 1.165) is 12.8 Å². The zero-order chi connectivity index (χ0) is 20.6. The Bertz CT molecular complexity index is 634. The van der Waals surface area contributed by atoms with Crippen molar-refractivity contribution >= 4 is 23.4 Å². The van der Waals surface area contributed by atoms with Gasteiger partial charge in [0, 0.05) is 38.1 Å². The number of amides is 1. The highest BCUT2D eigenvalue weighted by atomic mass is 16.4. The van der Waals surface area contributed by atoms with Gasteiger partial charge in [0.05, 0.1) is 11.5 Å². The topological polar surface area (TPSA) is 116 Å². The van der Waals surface area contributed by atoms with Crippen LogP contribution in [0.15, 0.2) is 16.3 Å². The molecule has 0 saturated heterocycles. The van der Waals surface area contributed by atoms with E-state index < -0.39 is 11.9 Å². The Labute approximate surface area is 160 Å². The average Bonchev–Trinajstić information content (AvgIpc) is 2.53. The molecule has 7 heteroatoms. The summed E-state index contributed by atoms with van der Waals surface area (Å²) in [7, 11) is 0. The van der Waals surface area contributed by atoms with Gasteiger partial charge < -0.3 is 15.5 Å². The van der Waals surface area contributed by atoms with Gasteiger partial charge in [-0.05, 0) is 31.6 Å². The molecule has 0 aromatic carbocycles. The number of carbonyl (C=O) groups excluding carboxylic acids is 2. The molecule has 27 heavy (non-hydrogen) atoms. The number of allylic oxidation sites excluding steroid dienone is 2. The molecule has 0 fully saturated rings. The Hall–Kier alpha value is -2.18. The van der Waals surface area contributed by atoms with Crippen LogP contribution in [-0.4, -0.2) is 46.7 Å². The van der Waals surface area contributed by atoms with Gasteiger partial charge in [0.15, 0.2) is 5.78 Å². The Morgan fingerprint density at radius 3 is 2.52 bits per heavy atom. The summed E-state index contributed by atoms with van der Waals surface area (Å²) >= 11 is 0. The molecular formula is C20H32N2O5. The molecular weight excluding hydrogens is 348 g/mol. The third-order valence-corrected chi connectivity index (χ3v) is 4.70. The molecule has 0 aliphatic heterocycles. The standard InChI is InChI=1S/C20H32N2O5/c1-13(19(26)27)7-8-17(25)22-10-6-5-9-21-14(2)18-15(23)11-20(3,4)12-16(18)24/h13,23H,5-12H2,1-4H3,(H,22,25)(H,26,27). The first-order valence-electron chi connectivity index (χ1n) is 9.50. The first kappa shape index (κ1) is 22.9. The number of carboxylic acid groups (broad SMARTS) is 1. The van der Waals surface area contributed by atoms with Crippen LogP contribution >= 0.6 is 0 Å². The molecule has 1 aliphatic rings. The lowest BCUT2D eigenvalue weighted by Gasteiger charge is -2.29. The maximum absolute atomic E-state index is 12.2. The van der Waals surface area contributed by atoms with E-state index in [9.17, 15) is 19.5 Å². The number of nitrogens with one attached hydrogen (secondary N) is 1. The number of hydrogen-bond acceptors (Lipinski definition) is 5. The van der Waals surface area contributed by atoms with E-state index in [1.807, 2.05) is 13.8 Å². The first-order chi connectivity index (χ1) is 12.5. The second-order valence-corrected chi connectivity index (χ2v) is 8.06. The molecule has 1 unspecified atom stereocenters. The van der Waals surface area contributed by atoms with Gasteiger partial charge in [-0.3, -0.25) is 19.4 Å². The third kappa shape index (κ3) is 7.93. The fourth-order valence-electron chi connectivity index (χ4n) is 3.05. The number of nitrogens with zero attached hydrogens (tertiary/aromatic N) is 1. The average molecular weight is 380 g/mol. The maximum Gasteiger partial charge on any atom is 0.306 e. The SMILES string of the molecule is CC(=NCCCCNC(=O)CCC(C)C(=O)O)C1=C(O)CC(C)(C)CC1=O. The molecule has 0 bridgehead atoms. The second kappa shape index (κ2) is 10.2. The van der Waals surface area contributed by atoms with Crippen molar-refractivity contribution in [2.45, 2.75) is 66.2 Å². The van der Waals surface area contributed by atoms with E-state index in [2.05, 4.69) is 10.3 Å². The molecule has 0 spiro atoms. The molecule has 7 nitrogen and oxygen atoms in total. The molecule has 0 heterocycles. The zero-order valence-electron chi connectivity index (χ0n) is 16.8. The summed E-state index contributed by atoms with van der Waals surface area (Å²) in [6.45, 7) is 8.28. The van der Waals surface area contributed by atoms with Gasteiger partial charge in [-0.2, -0.15) is 0 Å². The van der Waals surface area contributed by atoms with E-state index >= 15 is 0 Å². The molecule has 0 aromatic heterocycles. The van der Waals surface area contributed by atoms with Crippen LogP contribution in [0.3, 0.4) is 0 Å². The van der Waals surface area contributed by atoms with E-state index in [1.54, 1.807) is 13.8 Å². The van der Waals surface area contributed by atoms with Crippen LogP contribution in [0.25, 0.3) is 0 Å². The minimum absolute atomic E-state index is 0.0622. The minimum atomic E-state index is -0.891. The highest BCUT2D eigenvalue weighted by Gasteiger charge is 2.33. The number of Topliss-reactive ketones (excluding diaryl/α,β-unsaturated/α-hetero) is 1. The van der Waals surface area contributed by atoms with E-state index in [0.29, 0.717) is 43.6 Å². The van der Waals surface area contributed by atoms with Crippen LogP contribution < -0.4 is 5.32 Å². The Morgan fingerprint density at radius 1 is 1.26 bits per heavy atom. The van der Waals surface area contributed by atoms with Crippen molar-refractivity contribution in [3.8, 4) is 0 Å². The van der Waals surface area contributed by atoms with Gasteiger partial charge in [0.1, 0.15) is 5.76 Å². The number of unbranched alkanes of at least 4 members (excludes halogenated alkanes) is 1. The molecule has 152 valence electrons. The van der Waals surface area contributed by atoms with Gasteiger partial charge in [-0.25, -0.2) is 0 Å². The second-order valence-electron chi connectivity index (χ2n) is 8.06. The van der Waals surface area contributed by atoms with Gasteiger partial charge >= 0.3 is 5.97 Å². The summed E-state index contributed by atoms with van der Waals surface area (Å²) in [5.74, 6) is -1.49. The van der Waals surface area contributed by atoms with Crippen molar-refractivity contribution in [2.75, 3.05) is 13.1 Å². The summed E-state index contributed by atoms with van der Waals surface area (Å²) in [6.07, 6.45) is 2.91. The molecule has 0 radical (unpaired) electrons. The van der Waals surface area contributed by atoms with E-state index in [-0.39, 0.29) is 29.3 Å². The van der Waals surface area contributed by atoms with Crippen molar-refractivity contribution in [1.82, 2.24) is 5.32 Å². The number of ketones is 1. The molecule has 1 atom stereocenters. The van der Waals surface area contributed by atoms with Crippen LogP contribution in [0.4, 0.5) is 0 Å². The highest BCUT2D eigenvalue weighted by Crippen LogP contribution is 2.36. The molecule has 3 N–H and O–H groups in total. The summed E-state index contributed by atoms with van der Waals surface area (Å²) in [5.41, 5.74) is 0.709. The van der Waals surface area contributed by atoms with Crippen molar-refractivity contribution < 1.29 is 24.6 Å². The van der Waals surface area contributed by atoms with Crippen molar-refractivity contribution in [1.29, 1.82) is 0 Å². The molecule has 1 rings (SSSR count). The number of hydrogen-bond donors (Lipinski definition) is 3. The van der Waals surface area contributed by atoms with Crippen LogP contribution in [-0.2, 0) is 14.4 Å². The van der Waals surface area contributed by atoms with E-state index in [4.69, 9.17) is 5.11 Å². The third-order valence-electron chi connectivity index (χ3n) is 4.70.